The van der Waals surface area contributed by atoms with Crippen LogP contribution in [0.15, 0.2) is 91.0 Å². The molecule has 0 aromatic heterocycles. The van der Waals surface area contributed by atoms with E-state index in [0.29, 0.717) is 6.54 Å². The van der Waals surface area contributed by atoms with E-state index >= 15 is 0 Å². The zero-order chi connectivity index (χ0) is 18.0. The monoisotopic (exact) mass is 343 g/mol. The average molecular weight is 343 g/mol. The van der Waals surface area contributed by atoms with Crippen LogP contribution in [0, 0.1) is 0 Å². The highest BCUT2D eigenvalue weighted by Gasteiger charge is 2.00. The molecule has 0 aliphatic heterocycles. The van der Waals surface area contributed by atoms with Crippen molar-refractivity contribution < 1.29 is 9.53 Å². The molecule has 0 spiro atoms. The third-order valence-electron chi connectivity index (χ3n) is 3.88. The van der Waals surface area contributed by atoms with Crippen LogP contribution in [0.3, 0.4) is 0 Å². The second kappa shape index (κ2) is 9.23. The van der Waals surface area contributed by atoms with Crippen molar-refractivity contribution in [1.82, 2.24) is 5.32 Å². The summed E-state index contributed by atoms with van der Waals surface area (Å²) in [5.41, 5.74) is 4.41. The van der Waals surface area contributed by atoms with Gasteiger partial charge in [-0.1, -0.05) is 91.0 Å². The molecule has 130 valence electrons. The van der Waals surface area contributed by atoms with Crippen LogP contribution in [-0.2, 0) is 11.3 Å². The van der Waals surface area contributed by atoms with Gasteiger partial charge in [0.2, 0.25) is 0 Å². The first-order valence-electron chi connectivity index (χ1n) is 8.58. The molecule has 26 heavy (non-hydrogen) atoms. The highest BCUT2D eigenvalue weighted by Crippen LogP contribution is 2.20. The zero-order valence-electron chi connectivity index (χ0n) is 14.5. The summed E-state index contributed by atoms with van der Waals surface area (Å²) in [4.78, 5) is 11.7. The second-order valence-electron chi connectivity index (χ2n) is 5.84. The van der Waals surface area contributed by atoms with Gasteiger partial charge in [0.1, 0.15) is 6.61 Å². The summed E-state index contributed by atoms with van der Waals surface area (Å²) in [5, 5.41) is 2.72. The first-order chi connectivity index (χ1) is 12.8. The largest absolute Gasteiger partial charge is 0.445 e. The Hall–Kier alpha value is -3.33. The Bertz CT molecular complexity index is 858. The summed E-state index contributed by atoms with van der Waals surface area (Å²) < 4.78 is 5.17. The minimum absolute atomic E-state index is 0.273. The van der Waals surface area contributed by atoms with Gasteiger partial charge < -0.3 is 10.1 Å². The average Bonchev–Trinajstić information content (AvgIpc) is 2.71. The molecule has 0 saturated heterocycles. The highest BCUT2D eigenvalue weighted by atomic mass is 16.5. The van der Waals surface area contributed by atoms with Crippen molar-refractivity contribution in [3.05, 3.63) is 102 Å². The van der Waals surface area contributed by atoms with E-state index < -0.39 is 6.09 Å². The molecule has 0 aliphatic rings. The maximum Gasteiger partial charge on any atom is 0.407 e. The van der Waals surface area contributed by atoms with Gasteiger partial charge in [-0.3, -0.25) is 0 Å². The van der Waals surface area contributed by atoms with Gasteiger partial charge in [-0.2, -0.15) is 0 Å². The van der Waals surface area contributed by atoms with Crippen LogP contribution in [0.25, 0.3) is 17.2 Å². The molecule has 0 radical (unpaired) electrons. The fraction of sp³-hybridized carbons (Fsp3) is 0.0870. The van der Waals surface area contributed by atoms with E-state index in [2.05, 4.69) is 29.6 Å². The van der Waals surface area contributed by atoms with E-state index in [4.69, 9.17) is 4.74 Å². The number of ether oxygens (including phenoxy) is 1. The Morgan fingerprint density at radius 1 is 0.846 bits per heavy atom. The fourth-order valence-electron chi connectivity index (χ4n) is 2.56. The third kappa shape index (κ3) is 5.35. The number of carbonyl (C=O) groups excluding carboxylic acids is 1. The number of nitrogens with one attached hydrogen (secondary N) is 1. The predicted molar refractivity (Wildman–Crippen MR) is 106 cm³/mol. The molecule has 0 unspecified atom stereocenters. The van der Waals surface area contributed by atoms with E-state index in [1.165, 1.54) is 11.1 Å². The molecule has 3 rings (SSSR count). The van der Waals surface area contributed by atoms with Crippen molar-refractivity contribution in [3.63, 3.8) is 0 Å². The van der Waals surface area contributed by atoms with Gasteiger partial charge in [0.15, 0.2) is 0 Å². The van der Waals surface area contributed by atoms with Crippen LogP contribution in [0.1, 0.15) is 11.1 Å². The molecule has 0 bridgehead atoms. The predicted octanol–water partition coefficient (Wildman–Crippen LogP) is 5.29. The summed E-state index contributed by atoms with van der Waals surface area (Å²) in [5.74, 6) is 0. The number of benzene rings is 3. The topological polar surface area (TPSA) is 38.3 Å². The van der Waals surface area contributed by atoms with Crippen molar-refractivity contribution >= 4 is 12.2 Å². The van der Waals surface area contributed by atoms with Crippen molar-refractivity contribution in [3.8, 4) is 11.1 Å². The number of carbonyl (C=O) groups is 1. The third-order valence-corrected chi connectivity index (χ3v) is 3.88. The molecule has 3 heteroatoms. The molecule has 3 aromatic rings. The summed E-state index contributed by atoms with van der Waals surface area (Å²) >= 11 is 0. The summed E-state index contributed by atoms with van der Waals surface area (Å²) in [6.07, 6.45) is 3.48. The molecule has 1 N–H and O–H groups in total. The quantitative estimate of drug-likeness (QED) is 0.660. The zero-order valence-corrected chi connectivity index (χ0v) is 14.5. The molecule has 0 atom stereocenters. The molecular weight excluding hydrogens is 322 g/mol. The van der Waals surface area contributed by atoms with Crippen LogP contribution in [0.5, 0.6) is 0 Å². The summed E-state index contributed by atoms with van der Waals surface area (Å²) in [6, 6.07) is 28.2. The molecule has 0 saturated carbocycles. The van der Waals surface area contributed by atoms with Crippen LogP contribution in [0.4, 0.5) is 4.79 Å². The highest BCUT2D eigenvalue weighted by molar-refractivity contribution is 5.69. The molecular formula is C23H21NO2. The van der Waals surface area contributed by atoms with Crippen molar-refractivity contribution in [2.75, 3.05) is 6.54 Å². The van der Waals surface area contributed by atoms with Crippen molar-refractivity contribution in [2.45, 2.75) is 6.61 Å². The maximum absolute atomic E-state index is 11.7. The molecule has 0 aliphatic carbocycles. The lowest BCUT2D eigenvalue weighted by molar-refractivity contribution is 0.141. The first kappa shape index (κ1) is 17.5. The standard InChI is InChI=1S/C23H21NO2/c25-23(26-18-20-9-3-1-4-10-20)24-16-8-12-19-11-7-15-22(17-19)21-13-5-2-6-14-21/h1-15,17H,16,18H2,(H,24,25). The molecule has 3 aromatic carbocycles. The maximum atomic E-state index is 11.7. The van der Waals surface area contributed by atoms with Crippen LogP contribution >= 0.6 is 0 Å². The number of alkyl carbamates (subject to hydrolysis) is 1. The summed E-state index contributed by atoms with van der Waals surface area (Å²) in [6.45, 7) is 0.693. The minimum Gasteiger partial charge on any atom is -0.445 e. The second-order valence-corrected chi connectivity index (χ2v) is 5.84. The normalized spacial score (nSPS) is 10.6. The van der Waals surface area contributed by atoms with Gasteiger partial charge in [0, 0.05) is 6.54 Å². The molecule has 1 amide bonds. The number of hydrogen-bond acceptors (Lipinski definition) is 2. The van der Waals surface area contributed by atoms with Gasteiger partial charge in [-0.05, 0) is 28.3 Å². The molecule has 0 heterocycles. The first-order valence-corrected chi connectivity index (χ1v) is 8.58. The van der Waals surface area contributed by atoms with Gasteiger partial charge in [0.25, 0.3) is 0 Å². The summed E-state index contributed by atoms with van der Waals surface area (Å²) in [7, 11) is 0. The lowest BCUT2D eigenvalue weighted by Gasteiger charge is -2.05. The smallest absolute Gasteiger partial charge is 0.407 e. The fourth-order valence-corrected chi connectivity index (χ4v) is 2.56. The van der Waals surface area contributed by atoms with Crippen molar-refractivity contribution in [1.29, 1.82) is 0 Å². The SMILES string of the molecule is O=C(NCC=Cc1cccc(-c2ccccc2)c1)OCc1ccccc1. The van der Waals surface area contributed by atoms with Crippen LogP contribution in [0.2, 0.25) is 0 Å². The van der Waals surface area contributed by atoms with Crippen LogP contribution < -0.4 is 5.32 Å². The molecule has 3 nitrogen and oxygen atoms in total. The Morgan fingerprint density at radius 3 is 2.31 bits per heavy atom. The lowest BCUT2D eigenvalue weighted by atomic mass is 10.0. The van der Waals surface area contributed by atoms with E-state index in [0.717, 1.165) is 11.1 Å². The van der Waals surface area contributed by atoms with Crippen molar-refractivity contribution in [2.24, 2.45) is 0 Å². The van der Waals surface area contributed by atoms with E-state index in [1.807, 2.05) is 72.8 Å². The number of hydrogen-bond donors (Lipinski definition) is 1. The Morgan fingerprint density at radius 2 is 1.54 bits per heavy atom. The van der Waals surface area contributed by atoms with Gasteiger partial charge in [-0.15, -0.1) is 0 Å². The van der Waals surface area contributed by atoms with E-state index in [-0.39, 0.29) is 6.61 Å². The van der Waals surface area contributed by atoms with E-state index in [1.54, 1.807) is 0 Å². The van der Waals surface area contributed by atoms with Crippen LogP contribution in [-0.4, -0.2) is 12.6 Å². The number of rotatable bonds is 6. The Labute approximate surface area is 154 Å². The van der Waals surface area contributed by atoms with E-state index in [9.17, 15) is 4.79 Å². The minimum atomic E-state index is -0.420. The Balaban J connectivity index is 1.47. The lowest BCUT2D eigenvalue weighted by Crippen LogP contribution is -2.24. The van der Waals surface area contributed by atoms with Gasteiger partial charge >= 0.3 is 6.09 Å². The molecule has 0 fully saturated rings. The van der Waals surface area contributed by atoms with Gasteiger partial charge in [-0.25, -0.2) is 4.79 Å². The number of amides is 1. The van der Waals surface area contributed by atoms with Gasteiger partial charge in [0.05, 0.1) is 0 Å². The Kier molecular flexibility index (Phi) is 6.21.